The van der Waals surface area contributed by atoms with Crippen molar-refractivity contribution in [3.63, 3.8) is 0 Å². The van der Waals surface area contributed by atoms with Gasteiger partial charge >= 0.3 is 12.1 Å². The summed E-state index contributed by atoms with van der Waals surface area (Å²) in [5.74, 6) is -1.14. The zero-order valence-corrected chi connectivity index (χ0v) is 11.5. The van der Waals surface area contributed by atoms with Gasteiger partial charge in [-0.15, -0.1) is 0 Å². The van der Waals surface area contributed by atoms with Gasteiger partial charge in [-0.05, 0) is 18.2 Å². The monoisotopic (exact) mass is 312 g/mol. The van der Waals surface area contributed by atoms with Crippen LogP contribution in [-0.2, 0) is 15.7 Å². The molecule has 0 radical (unpaired) electrons. The maximum Gasteiger partial charge on any atom is 0.416 e. The highest BCUT2D eigenvalue weighted by Gasteiger charge is 2.39. The van der Waals surface area contributed by atoms with Gasteiger partial charge in [0.25, 0.3) is 5.91 Å². The third-order valence-electron chi connectivity index (χ3n) is 3.38. The molecule has 0 aliphatic carbocycles. The summed E-state index contributed by atoms with van der Waals surface area (Å²) in [6.07, 6.45) is -4.70. The van der Waals surface area contributed by atoms with E-state index in [0.717, 1.165) is 23.1 Å². The highest BCUT2D eigenvalue weighted by Crippen LogP contribution is 2.38. The van der Waals surface area contributed by atoms with Crippen LogP contribution in [-0.4, -0.2) is 30.4 Å². The lowest BCUT2D eigenvalue weighted by molar-refractivity contribution is -0.141. The van der Waals surface area contributed by atoms with Gasteiger partial charge in [0, 0.05) is 17.7 Å². The van der Waals surface area contributed by atoms with Crippen LogP contribution in [0.2, 0.25) is 0 Å². The number of carbonyl (C=O) groups is 2. The lowest BCUT2D eigenvalue weighted by atomic mass is 10.0. The summed E-state index contributed by atoms with van der Waals surface area (Å²) in [4.78, 5) is 24.4. The van der Waals surface area contributed by atoms with Crippen LogP contribution >= 0.6 is 0 Å². The van der Waals surface area contributed by atoms with E-state index in [1.807, 2.05) is 0 Å². The van der Waals surface area contributed by atoms with Crippen LogP contribution in [0, 0.1) is 11.3 Å². The van der Waals surface area contributed by atoms with Crippen molar-refractivity contribution in [1.29, 1.82) is 5.26 Å². The first-order chi connectivity index (χ1) is 10.3. The van der Waals surface area contributed by atoms with E-state index in [-0.39, 0.29) is 24.1 Å². The van der Waals surface area contributed by atoms with Crippen molar-refractivity contribution in [2.45, 2.75) is 18.6 Å². The summed E-state index contributed by atoms with van der Waals surface area (Å²) in [5.41, 5.74) is -0.870. The maximum atomic E-state index is 12.7. The molecule has 8 heteroatoms. The summed E-state index contributed by atoms with van der Waals surface area (Å²) < 4.78 is 42.7. The third kappa shape index (κ3) is 2.74. The number of hydrogen-bond acceptors (Lipinski definition) is 4. The number of amides is 1. The molecule has 0 bridgehead atoms. The van der Waals surface area contributed by atoms with Crippen LogP contribution in [0.1, 0.15) is 33.9 Å². The number of hydrogen-bond donors (Lipinski definition) is 0. The number of nitrogens with zero attached hydrogens (tertiary/aromatic N) is 2. The van der Waals surface area contributed by atoms with E-state index < -0.39 is 29.7 Å². The molecule has 1 amide bonds. The topological polar surface area (TPSA) is 70.4 Å². The Balaban J connectivity index is 2.34. The SMILES string of the molecule is COC(=O)CCN1C(=O)c2ccc(C(F)(F)F)cc2C1C#N. The zero-order chi connectivity index (χ0) is 16.5. The molecule has 116 valence electrons. The van der Waals surface area contributed by atoms with Gasteiger partial charge in [-0.2, -0.15) is 18.4 Å². The van der Waals surface area contributed by atoms with Crippen molar-refractivity contribution in [3.8, 4) is 6.07 Å². The smallest absolute Gasteiger partial charge is 0.416 e. The standard InChI is InChI=1S/C14H11F3N2O3/c1-22-12(20)4-5-19-11(7-18)10-6-8(14(15,16)17)2-3-9(10)13(19)21/h2-3,6,11H,4-5H2,1H3. The third-order valence-corrected chi connectivity index (χ3v) is 3.38. The molecular formula is C14H11F3N2O3. The minimum absolute atomic E-state index is 0.00666. The fraction of sp³-hybridized carbons (Fsp3) is 0.357. The zero-order valence-electron chi connectivity index (χ0n) is 11.5. The van der Waals surface area contributed by atoms with Crippen molar-refractivity contribution >= 4 is 11.9 Å². The summed E-state index contributed by atoms with van der Waals surface area (Å²) in [6.45, 7) is -0.0975. The second-order valence-corrected chi connectivity index (χ2v) is 4.66. The van der Waals surface area contributed by atoms with Gasteiger partial charge < -0.3 is 9.64 Å². The summed E-state index contributed by atoms with van der Waals surface area (Å²) in [6, 6.07) is 3.33. The molecule has 0 spiro atoms. The largest absolute Gasteiger partial charge is 0.469 e. The normalized spacial score (nSPS) is 17.1. The molecule has 1 aromatic carbocycles. The van der Waals surface area contributed by atoms with Crippen LogP contribution < -0.4 is 0 Å². The highest BCUT2D eigenvalue weighted by molar-refractivity contribution is 6.00. The van der Waals surface area contributed by atoms with Crippen LogP contribution in [0.25, 0.3) is 0 Å². The first-order valence-electron chi connectivity index (χ1n) is 6.28. The van der Waals surface area contributed by atoms with Crippen LogP contribution in [0.5, 0.6) is 0 Å². The first-order valence-corrected chi connectivity index (χ1v) is 6.28. The fourth-order valence-electron chi connectivity index (χ4n) is 2.28. The van der Waals surface area contributed by atoms with E-state index in [1.54, 1.807) is 6.07 Å². The predicted molar refractivity (Wildman–Crippen MR) is 67.5 cm³/mol. The molecular weight excluding hydrogens is 301 g/mol. The molecule has 5 nitrogen and oxygen atoms in total. The predicted octanol–water partition coefficient (Wildman–Crippen LogP) is 2.29. The van der Waals surface area contributed by atoms with Crippen molar-refractivity contribution in [2.24, 2.45) is 0 Å². The quantitative estimate of drug-likeness (QED) is 0.803. The van der Waals surface area contributed by atoms with E-state index >= 15 is 0 Å². The Bertz CT molecular complexity index is 664. The molecule has 1 unspecified atom stereocenters. The molecule has 0 aromatic heterocycles. The van der Waals surface area contributed by atoms with Crippen LogP contribution in [0.4, 0.5) is 13.2 Å². The second-order valence-electron chi connectivity index (χ2n) is 4.66. The molecule has 1 atom stereocenters. The molecule has 1 aliphatic heterocycles. The minimum Gasteiger partial charge on any atom is -0.469 e. The van der Waals surface area contributed by atoms with Gasteiger partial charge in [0.2, 0.25) is 0 Å². The molecule has 2 rings (SSSR count). The van der Waals surface area contributed by atoms with Gasteiger partial charge in [-0.3, -0.25) is 9.59 Å². The number of fused-ring (bicyclic) bond motifs is 1. The molecule has 22 heavy (non-hydrogen) atoms. The molecule has 1 heterocycles. The number of halogens is 3. The lowest BCUT2D eigenvalue weighted by Crippen LogP contribution is -2.30. The fourth-order valence-corrected chi connectivity index (χ4v) is 2.28. The van der Waals surface area contributed by atoms with E-state index in [4.69, 9.17) is 0 Å². The van der Waals surface area contributed by atoms with Gasteiger partial charge in [-0.25, -0.2) is 0 Å². The number of carbonyl (C=O) groups excluding carboxylic acids is 2. The highest BCUT2D eigenvalue weighted by atomic mass is 19.4. The molecule has 0 N–H and O–H groups in total. The average molecular weight is 312 g/mol. The van der Waals surface area contributed by atoms with Crippen molar-refractivity contribution < 1.29 is 27.5 Å². The van der Waals surface area contributed by atoms with Crippen molar-refractivity contribution in [1.82, 2.24) is 4.90 Å². The number of esters is 1. The molecule has 1 aliphatic rings. The minimum atomic E-state index is -4.56. The Kier molecular flexibility index (Phi) is 4.08. The number of nitriles is 1. The Hall–Kier alpha value is -2.56. The van der Waals surface area contributed by atoms with Crippen molar-refractivity contribution in [2.75, 3.05) is 13.7 Å². The maximum absolute atomic E-state index is 12.7. The van der Waals surface area contributed by atoms with E-state index in [1.165, 1.54) is 7.11 Å². The second kappa shape index (κ2) is 5.67. The Labute approximate surface area is 123 Å². The van der Waals surface area contributed by atoms with Gasteiger partial charge in [0.1, 0.15) is 6.04 Å². The Morgan fingerprint density at radius 2 is 2.14 bits per heavy atom. The molecule has 0 saturated carbocycles. The molecule has 0 fully saturated rings. The van der Waals surface area contributed by atoms with Crippen LogP contribution in [0.3, 0.4) is 0 Å². The van der Waals surface area contributed by atoms with Gasteiger partial charge in [-0.1, -0.05) is 0 Å². The number of alkyl halides is 3. The Morgan fingerprint density at radius 1 is 1.45 bits per heavy atom. The average Bonchev–Trinajstić information content (AvgIpc) is 2.75. The van der Waals surface area contributed by atoms with E-state index in [9.17, 15) is 28.0 Å². The first kappa shape index (κ1) is 15.8. The Morgan fingerprint density at radius 3 is 2.68 bits per heavy atom. The number of ether oxygens (including phenoxy) is 1. The van der Waals surface area contributed by atoms with E-state index in [0.29, 0.717) is 0 Å². The summed E-state index contributed by atoms with van der Waals surface area (Å²) >= 11 is 0. The van der Waals surface area contributed by atoms with E-state index in [2.05, 4.69) is 4.74 Å². The lowest BCUT2D eigenvalue weighted by Gasteiger charge is -2.19. The summed E-state index contributed by atoms with van der Waals surface area (Å²) in [7, 11) is 1.18. The van der Waals surface area contributed by atoms with Gasteiger partial charge in [0.05, 0.1) is 25.2 Å². The van der Waals surface area contributed by atoms with Gasteiger partial charge in [0.15, 0.2) is 0 Å². The summed E-state index contributed by atoms with van der Waals surface area (Å²) in [5, 5.41) is 9.18. The van der Waals surface area contributed by atoms with Crippen molar-refractivity contribution in [3.05, 3.63) is 34.9 Å². The molecule has 1 aromatic rings. The number of rotatable bonds is 3. The van der Waals surface area contributed by atoms with Crippen LogP contribution in [0.15, 0.2) is 18.2 Å². The molecule has 0 saturated heterocycles. The number of methoxy groups -OCH3 is 1. The number of benzene rings is 1.